The number of hydrogen-bond donors (Lipinski definition) is 0. The van der Waals surface area contributed by atoms with Crippen LogP contribution in [0, 0.1) is 6.92 Å². The molecule has 0 amide bonds. The third-order valence-corrected chi connectivity index (χ3v) is 6.30. The molecule has 0 aliphatic carbocycles. The van der Waals surface area contributed by atoms with E-state index in [0.29, 0.717) is 0 Å². The molecule has 0 unspecified atom stereocenters. The molecule has 0 saturated carbocycles. The summed E-state index contributed by atoms with van der Waals surface area (Å²) in [4.78, 5) is 21.7. The van der Waals surface area contributed by atoms with Gasteiger partial charge in [-0.2, -0.15) is 4.37 Å². The number of nitrogens with zero attached hydrogens (tertiary/aromatic N) is 7. The Hall–Kier alpha value is -2.52. The molecule has 8 nitrogen and oxygen atoms in total. The van der Waals surface area contributed by atoms with Crippen LogP contribution in [0.5, 0.6) is 0 Å². The Labute approximate surface area is 174 Å². The van der Waals surface area contributed by atoms with Gasteiger partial charge in [0.1, 0.15) is 5.82 Å². The summed E-state index contributed by atoms with van der Waals surface area (Å²) in [5.41, 5.74) is 1.89. The Morgan fingerprint density at radius 3 is 2.07 bits per heavy atom. The zero-order valence-electron chi connectivity index (χ0n) is 16.6. The fraction of sp³-hybridized carbons (Fsp3) is 0.500. The second kappa shape index (κ2) is 8.08. The highest BCUT2D eigenvalue weighted by molar-refractivity contribution is 7.09. The molecular weight excluding hydrogens is 386 g/mol. The van der Waals surface area contributed by atoms with Crippen LogP contribution < -0.4 is 14.7 Å². The molecule has 2 fully saturated rings. The lowest BCUT2D eigenvalue weighted by Crippen LogP contribution is -2.39. The number of ether oxygens (including phenoxy) is 1. The molecule has 2 aliphatic heterocycles. The predicted molar refractivity (Wildman–Crippen MR) is 116 cm³/mol. The normalized spacial score (nSPS) is 18.3. The van der Waals surface area contributed by atoms with E-state index in [9.17, 15) is 0 Å². The van der Waals surface area contributed by atoms with E-state index in [2.05, 4.69) is 24.1 Å². The van der Waals surface area contributed by atoms with E-state index < -0.39 is 0 Å². The second-order valence-corrected chi connectivity index (χ2v) is 8.14. The molecule has 4 heterocycles. The van der Waals surface area contributed by atoms with Crippen molar-refractivity contribution in [2.45, 2.75) is 13.3 Å². The van der Waals surface area contributed by atoms with Crippen molar-refractivity contribution in [3.8, 4) is 0 Å². The number of hydrogen-bond acceptors (Lipinski definition) is 9. The van der Waals surface area contributed by atoms with E-state index in [1.54, 1.807) is 0 Å². The fourth-order valence-electron chi connectivity index (χ4n) is 3.92. The zero-order valence-corrected chi connectivity index (χ0v) is 17.4. The number of benzene rings is 1. The summed E-state index contributed by atoms with van der Waals surface area (Å²) < 4.78 is 9.90. The molecule has 3 aromatic rings. The minimum absolute atomic E-state index is 0.734. The van der Waals surface area contributed by atoms with Gasteiger partial charge in [-0.05, 0) is 25.5 Å². The Balaban J connectivity index is 1.46. The number of fused-ring (bicyclic) bond motifs is 1. The summed E-state index contributed by atoms with van der Waals surface area (Å²) >= 11 is 1.49. The maximum atomic E-state index is 5.56. The topological polar surface area (TPSA) is 70.5 Å². The molecule has 9 heteroatoms. The van der Waals surface area contributed by atoms with Crippen molar-refractivity contribution in [1.82, 2.24) is 19.3 Å². The molecule has 2 aromatic heterocycles. The van der Waals surface area contributed by atoms with Crippen molar-refractivity contribution in [2.75, 3.05) is 67.2 Å². The molecule has 5 rings (SSSR count). The highest BCUT2D eigenvalue weighted by atomic mass is 32.1. The molecular formula is C20H25N7OS. The van der Waals surface area contributed by atoms with Crippen LogP contribution in [0.3, 0.4) is 0 Å². The van der Waals surface area contributed by atoms with Crippen LogP contribution in [-0.4, -0.2) is 71.8 Å². The van der Waals surface area contributed by atoms with Gasteiger partial charge in [0.25, 0.3) is 0 Å². The minimum atomic E-state index is 0.734. The first-order chi connectivity index (χ1) is 14.3. The Morgan fingerprint density at radius 1 is 0.793 bits per heavy atom. The fourth-order valence-corrected chi connectivity index (χ4v) is 4.64. The molecule has 1 aromatic carbocycles. The molecule has 0 N–H and O–H groups in total. The Bertz CT molecular complexity index is 988. The third kappa shape index (κ3) is 3.84. The van der Waals surface area contributed by atoms with E-state index in [4.69, 9.17) is 14.7 Å². The summed E-state index contributed by atoms with van der Waals surface area (Å²) in [5, 5.41) is 1.02. The molecule has 0 atom stereocenters. The summed E-state index contributed by atoms with van der Waals surface area (Å²) in [5.74, 6) is 2.81. The number of anilines is 3. The van der Waals surface area contributed by atoms with Crippen molar-refractivity contribution < 1.29 is 4.74 Å². The van der Waals surface area contributed by atoms with E-state index >= 15 is 0 Å². The second-order valence-electron chi connectivity index (χ2n) is 7.41. The lowest BCUT2D eigenvalue weighted by atomic mass is 10.2. The van der Waals surface area contributed by atoms with Gasteiger partial charge >= 0.3 is 0 Å². The first-order valence-electron chi connectivity index (χ1n) is 10.2. The number of aromatic nitrogens is 4. The average Bonchev–Trinajstić information content (AvgIpc) is 3.05. The molecule has 2 saturated heterocycles. The van der Waals surface area contributed by atoms with Gasteiger partial charge in [-0.1, -0.05) is 12.1 Å². The zero-order chi connectivity index (χ0) is 19.6. The van der Waals surface area contributed by atoms with Crippen LogP contribution in [0.1, 0.15) is 12.2 Å². The van der Waals surface area contributed by atoms with Crippen molar-refractivity contribution in [2.24, 2.45) is 0 Å². The molecule has 29 heavy (non-hydrogen) atoms. The van der Waals surface area contributed by atoms with Crippen LogP contribution in [-0.2, 0) is 4.74 Å². The average molecular weight is 412 g/mol. The van der Waals surface area contributed by atoms with Gasteiger partial charge in [0.2, 0.25) is 5.13 Å². The highest BCUT2D eigenvalue weighted by Crippen LogP contribution is 2.30. The monoisotopic (exact) mass is 411 g/mol. The van der Waals surface area contributed by atoms with Crippen molar-refractivity contribution in [1.29, 1.82) is 0 Å². The summed E-state index contributed by atoms with van der Waals surface area (Å²) in [7, 11) is 0. The van der Waals surface area contributed by atoms with E-state index in [1.807, 2.05) is 31.2 Å². The van der Waals surface area contributed by atoms with Gasteiger partial charge in [0, 0.05) is 50.8 Å². The van der Waals surface area contributed by atoms with Gasteiger partial charge in [-0.25, -0.2) is 15.0 Å². The van der Waals surface area contributed by atoms with Crippen LogP contribution in [0.2, 0.25) is 0 Å². The van der Waals surface area contributed by atoms with Crippen LogP contribution in [0.4, 0.5) is 16.8 Å². The van der Waals surface area contributed by atoms with E-state index in [1.165, 1.54) is 11.5 Å². The highest BCUT2D eigenvalue weighted by Gasteiger charge is 2.25. The molecule has 0 radical (unpaired) electrons. The maximum absolute atomic E-state index is 5.56. The number of morpholine rings is 1. The SMILES string of the molecule is Cc1nsc(N2CCCN(c3nc4ccccc4nc3N3CCOCC3)CC2)n1. The van der Waals surface area contributed by atoms with E-state index in [-0.39, 0.29) is 0 Å². The molecule has 2 aliphatic rings. The van der Waals surface area contributed by atoms with Gasteiger partial charge in [-0.3, -0.25) is 0 Å². The van der Waals surface area contributed by atoms with E-state index in [0.717, 1.165) is 92.5 Å². The largest absolute Gasteiger partial charge is 0.378 e. The lowest BCUT2D eigenvalue weighted by molar-refractivity contribution is 0.122. The van der Waals surface area contributed by atoms with Crippen LogP contribution >= 0.6 is 11.5 Å². The maximum Gasteiger partial charge on any atom is 0.205 e. The molecule has 152 valence electrons. The van der Waals surface area contributed by atoms with Crippen LogP contribution in [0.15, 0.2) is 24.3 Å². The Morgan fingerprint density at radius 2 is 1.41 bits per heavy atom. The van der Waals surface area contributed by atoms with Gasteiger partial charge in [-0.15, -0.1) is 0 Å². The number of aryl methyl sites for hydroxylation is 1. The molecule has 0 spiro atoms. The first-order valence-corrected chi connectivity index (χ1v) is 10.9. The quantitative estimate of drug-likeness (QED) is 0.650. The summed E-state index contributed by atoms with van der Waals surface area (Å²) in [6.45, 7) is 8.86. The van der Waals surface area contributed by atoms with Gasteiger partial charge in [0.15, 0.2) is 11.6 Å². The predicted octanol–water partition coefficient (Wildman–Crippen LogP) is 2.34. The van der Waals surface area contributed by atoms with Crippen molar-refractivity contribution >= 4 is 39.3 Å². The van der Waals surface area contributed by atoms with Crippen molar-refractivity contribution in [3.05, 3.63) is 30.1 Å². The lowest BCUT2D eigenvalue weighted by Gasteiger charge is -2.32. The first kappa shape index (κ1) is 18.5. The third-order valence-electron chi connectivity index (χ3n) is 5.43. The van der Waals surface area contributed by atoms with Crippen molar-refractivity contribution in [3.63, 3.8) is 0 Å². The smallest absolute Gasteiger partial charge is 0.205 e. The minimum Gasteiger partial charge on any atom is -0.378 e. The Kier molecular flexibility index (Phi) is 5.15. The summed E-state index contributed by atoms with van der Waals surface area (Å²) in [6.07, 6.45) is 1.05. The van der Waals surface area contributed by atoms with Gasteiger partial charge < -0.3 is 19.4 Å². The standard InChI is InChI=1S/C20H25N7OS/c1-15-21-20(29-24-15)27-8-4-7-25(9-10-27)18-19(26-11-13-28-14-12-26)23-17-6-3-2-5-16(17)22-18/h2-3,5-6H,4,7-14H2,1H3. The van der Waals surface area contributed by atoms with Gasteiger partial charge in [0.05, 0.1) is 24.2 Å². The summed E-state index contributed by atoms with van der Waals surface area (Å²) in [6, 6.07) is 8.13. The molecule has 0 bridgehead atoms. The number of rotatable bonds is 3. The van der Waals surface area contributed by atoms with Crippen LogP contribution in [0.25, 0.3) is 11.0 Å². The number of para-hydroxylation sites is 2.